The van der Waals surface area contributed by atoms with Crippen molar-refractivity contribution in [1.29, 1.82) is 0 Å². The van der Waals surface area contributed by atoms with Crippen LogP contribution < -0.4 is 4.74 Å². The van der Waals surface area contributed by atoms with Gasteiger partial charge >= 0.3 is 0 Å². The van der Waals surface area contributed by atoms with Crippen LogP contribution in [0.4, 0.5) is 0 Å². The number of nitrogens with zero attached hydrogens (tertiary/aromatic N) is 4. The first-order valence-electron chi connectivity index (χ1n) is 9.12. The monoisotopic (exact) mass is 394 g/mol. The van der Waals surface area contributed by atoms with Gasteiger partial charge in [-0.15, -0.1) is 0 Å². The summed E-state index contributed by atoms with van der Waals surface area (Å²) in [6.07, 6.45) is -0.907. The molecule has 5 rings (SSSR count). The Balaban J connectivity index is 1.53. The minimum atomic E-state index is -1.08. The minimum absolute atomic E-state index is 0.211. The van der Waals surface area contributed by atoms with Crippen molar-refractivity contribution in [3.8, 4) is 11.6 Å². The Morgan fingerprint density at radius 3 is 2.72 bits per heavy atom. The molecular weight excluding hydrogens is 376 g/mol. The van der Waals surface area contributed by atoms with Gasteiger partial charge in [0.05, 0.1) is 12.9 Å². The molecule has 0 bridgehead atoms. The van der Waals surface area contributed by atoms with E-state index in [1.54, 1.807) is 4.57 Å². The van der Waals surface area contributed by atoms with Crippen LogP contribution in [0.2, 0.25) is 0 Å². The largest absolute Gasteiger partial charge is 0.492 e. The maximum Gasteiger partial charge on any atom is 0.242 e. The Labute approximate surface area is 164 Å². The van der Waals surface area contributed by atoms with Gasteiger partial charge in [0.15, 0.2) is 23.5 Å². The first kappa shape index (κ1) is 17.8. The smallest absolute Gasteiger partial charge is 0.242 e. The summed E-state index contributed by atoms with van der Waals surface area (Å²) in [6, 6.07) is 13.5. The molecule has 4 atom stereocenters. The van der Waals surface area contributed by atoms with Gasteiger partial charge in [0.2, 0.25) is 5.88 Å². The normalized spacial score (nSPS) is 24.3. The summed E-state index contributed by atoms with van der Waals surface area (Å²) in [5, 5.41) is 32.3. The number of rotatable bonds is 4. The molecule has 9 nitrogen and oxygen atoms in total. The fraction of sp³-hybridized carbons (Fsp3) is 0.250. The molecule has 0 radical (unpaired) electrons. The number of fused-ring (bicyclic) bond motifs is 2. The number of aliphatic hydroxyl groups excluding tert-OH is 2. The Morgan fingerprint density at radius 1 is 1.07 bits per heavy atom. The number of hydrogen-bond acceptors (Lipinski definition) is 8. The van der Waals surface area contributed by atoms with Crippen molar-refractivity contribution in [2.75, 3.05) is 6.61 Å². The highest BCUT2D eigenvalue weighted by Gasteiger charge is 2.47. The van der Waals surface area contributed by atoms with Crippen LogP contribution in [-0.4, -0.2) is 59.8 Å². The van der Waals surface area contributed by atoms with Crippen molar-refractivity contribution in [2.45, 2.75) is 24.5 Å². The van der Waals surface area contributed by atoms with E-state index < -0.39 is 24.5 Å². The molecule has 3 heterocycles. The van der Waals surface area contributed by atoms with Gasteiger partial charge in [0.25, 0.3) is 0 Å². The SMILES string of the molecule is OC[C@H]1O[C@@H](n2cnc3c(O)ncnc32)C(Oc2ccc3ccccc3c2)C1O. The number of aromatic nitrogens is 4. The van der Waals surface area contributed by atoms with Crippen LogP contribution in [0.1, 0.15) is 6.23 Å². The molecule has 0 amide bonds. The van der Waals surface area contributed by atoms with Crippen molar-refractivity contribution >= 4 is 21.9 Å². The molecule has 3 N–H and O–H groups in total. The van der Waals surface area contributed by atoms with Gasteiger partial charge in [-0.05, 0) is 22.9 Å². The highest BCUT2D eigenvalue weighted by atomic mass is 16.6. The number of hydrogen-bond donors (Lipinski definition) is 3. The standard InChI is InChI=1S/C20H18N4O5/c25-8-14-16(26)17(28-13-6-5-11-3-1-2-4-12(11)7-13)20(29-14)24-10-23-15-18(24)21-9-22-19(15)27/h1-7,9-10,14,16-17,20,25-26H,8H2,(H,21,22,27)/t14-,16?,17?,20-/m1/s1. The van der Waals surface area contributed by atoms with Gasteiger partial charge in [-0.1, -0.05) is 30.3 Å². The van der Waals surface area contributed by atoms with Crippen LogP contribution in [0, 0.1) is 0 Å². The Bertz CT molecular complexity index is 1180. The maximum absolute atomic E-state index is 10.7. The van der Waals surface area contributed by atoms with E-state index in [0.717, 1.165) is 10.8 Å². The fourth-order valence-corrected chi connectivity index (χ4v) is 3.64. The van der Waals surface area contributed by atoms with Gasteiger partial charge in [0.1, 0.15) is 24.3 Å². The fourth-order valence-electron chi connectivity index (χ4n) is 3.64. The lowest BCUT2D eigenvalue weighted by molar-refractivity contribution is -0.0487. The topological polar surface area (TPSA) is 123 Å². The molecule has 0 aliphatic carbocycles. The van der Waals surface area contributed by atoms with Crippen LogP contribution in [0.15, 0.2) is 55.1 Å². The van der Waals surface area contributed by atoms with Crippen LogP contribution in [0.25, 0.3) is 21.9 Å². The second kappa shape index (κ2) is 6.96. The number of aliphatic hydroxyl groups is 2. The van der Waals surface area contributed by atoms with Crippen molar-refractivity contribution in [3.63, 3.8) is 0 Å². The van der Waals surface area contributed by atoms with Crippen molar-refractivity contribution in [1.82, 2.24) is 19.5 Å². The zero-order valence-electron chi connectivity index (χ0n) is 15.2. The van der Waals surface area contributed by atoms with E-state index in [-0.39, 0.29) is 18.0 Å². The molecule has 4 aromatic rings. The van der Waals surface area contributed by atoms with Crippen LogP contribution in [0.5, 0.6) is 11.6 Å². The summed E-state index contributed by atoms with van der Waals surface area (Å²) >= 11 is 0. The van der Waals surface area contributed by atoms with E-state index >= 15 is 0 Å². The zero-order chi connectivity index (χ0) is 20.0. The van der Waals surface area contributed by atoms with E-state index in [1.165, 1.54) is 12.7 Å². The molecule has 0 saturated carbocycles. The first-order valence-corrected chi connectivity index (χ1v) is 9.12. The van der Waals surface area contributed by atoms with Crippen LogP contribution in [0.3, 0.4) is 0 Å². The minimum Gasteiger partial charge on any atom is -0.492 e. The lowest BCUT2D eigenvalue weighted by atomic mass is 10.1. The van der Waals surface area contributed by atoms with Gasteiger partial charge in [0, 0.05) is 0 Å². The molecule has 2 aromatic heterocycles. The van der Waals surface area contributed by atoms with Gasteiger partial charge in [-0.25, -0.2) is 9.97 Å². The predicted molar refractivity (Wildman–Crippen MR) is 102 cm³/mol. The number of ether oxygens (including phenoxy) is 2. The van der Waals surface area contributed by atoms with Gasteiger partial charge in [-0.3, -0.25) is 4.57 Å². The third-order valence-corrected chi connectivity index (χ3v) is 5.10. The highest BCUT2D eigenvalue weighted by molar-refractivity contribution is 5.83. The molecule has 1 aliphatic heterocycles. The Morgan fingerprint density at radius 2 is 1.90 bits per heavy atom. The first-order chi connectivity index (χ1) is 14.2. The summed E-state index contributed by atoms with van der Waals surface area (Å²) in [4.78, 5) is 12.0. The number of aromatic hydroxyl groups is 1. The second-order valence-electron chi connectivity index (χ2n) is 6.85. The lowest BCUT2D eigenvalue weighted by Crippen LogP contribution is -2.37. The van der Waals surface area contributed by atoms with E-state index in [1.807, 2.05) is 42.5 Å². The molecule has 2 aromatic carbocycles. The number of imidazole rings is 1. The molecule has 0 spiro atoms. The Hall–Kier alpha value is -3.27. The van der Waals surface area contributed by atoms with E-state index in [4.69, 9.17) is 9.47 Å². The third-order valence-electron chi connectivity index (χ3n) is 5.10. The van der Waals surface area contributed by atoms with E-state index in [0.29, 0.717) is 11.4 Å². The van der Waals surface area contributed by atoms with Crippen LogP contribution >= 0.6 is 0 Å². The molecule has 1 aliphatic rings. The lowest BCUT2D eigenvalue weighted by Gasteiger charge is -2.23. The van der Waals surface area contributed by atoms with Crippen molar-refractivity contribution < 1.29 is 24.8 Å². The third kappa shape index (κ3) is 2.96. The average molecular weight is 394 g/mol. The van der Waals surface area contributed by atoms with Crippen molar-refractivity contribution in [2.24, 2.45) is 0 Å². The van der Waals surface area contributed by atoms with E-state index in [2.05, 4.69) is 15.0 Å². The molecule has 2 unspecified atom stereocenters. The second-order valence-corrected chi connectivity index (χ2v) is 6.85. The quantitative estimate of drug-likeness (QED) is 0.474. The molecular formula is C20H18N4O5. The summed E-state index contributed by atoms with van der Waals surface area (Å²) in [7, 11) is 0. The van der Waals surface area contributed by atoms with Crippen molar-refractivity contribution in [3.05, 3.63) is 55.1 Å². The maximum atomic E-state index is 10.7. The summed E-state index contributed by atoms with van der Waals surface area (Å²) in [5.74, 6) is 0.305. The zero-order valence-corrected chi connectivity index (χ0v) is 15.2. The average Bonchev–Trinajstić information content (AvgIpc) is 3.30. The Kier molecular flexibility index (Phi) is 4.27. The summed E-state index contributed by atoms with van der Waals surface area (Å²) in [6.45, 7) is -0.373. The number of benzene rings is 2. The summed E-state index contributed by atoms with van der Waals surface area (Å²) < 4.78 is 13.5. The summed E-state index contributed by atoms with van der Waals surface area (Å²) in [5.41, 5.74) is 0.544. The van der Waals surface area contributed by atoms with Gasteiger partial charge in [-0.2, -0.15) is 4.98 Å². The van der Waals surface area contributed by atoms with Gasteiger partial charge < -0.3 is 24.8 Å². The molecule has 29 heavy (non-hydrogen) atoms. The molecule has 148 valence electrons. The van der Waals surface area contributed by atoms with Crippen LogP contribution in [-0.2, 0) is 4.74 Å². The molecule has 1 saturated heterocycles. The van der Waals surface area contributed by atoms with E-state index in [9.17, 15) is 15.3 Å². The highest BCUT2D eigenvalue weighted by Crippen LogP contribution is 2.35. The molecule has 1 fully saturated rings. The molecule has 9 heteroatoms. The predicted octanol–water partition coefficient (Wildman–Crippen LogP) is 1.38.